The van der Waals surface area contributed by atoms with Gasteiger partial charge in [0, 0.05) is 16.1 Å². The van der Waals surface area contributed by atoms with Gasteiger partial charge in [0.25, 0.3) is 5.91 Å². The normalized spacial score (nSPS) is 16.6. The minimum atomic E-state index is -0.611. The fraction of sp³-hybridized carbons (Fsp3) is 0.333. The van der Waals surface area contributed by atoms with Crippen molar-refractivity contribution in [2.45, 2.75) is 19.8 Å². The molecule has 0 saturated carbocycles. The van der Waals surface area contributed by atoms with Crippen LogP contribution < -0.4 is 14.8 Å². The molecule has 2 rings (SSSR count). The summed E-state index contributed by atoms with van der Waals surface area (Å²) in [5.74, 6) is 0.184. The third kappa shape index (κ3) is 6.10. The highest BCUT2D eigenvalue weighted by atomic mass is 79.9. The van der Waals surface area contributed by atoms with Gasteiger partial charge in [-0.3, -0.25) is 10.1 Å². The number of carbonyl (C=O) groups is 2. The molecule has 1 aromatic rings. The smallest absolute Gasteiger partial charge is 0.331 e. The lowest BCUT2D eigenvalue weighted by atomic mass is 10.2. The molecular weight excluding hydrogens is 450 g/mol. The number of amidine groups is 1. The molecule has 1 N–H and O–H groups in total. The summed E-state index contributed by atoms with van der Waals surface area (Å²) in [6.07, 6.45) is 4.62. The minimum Gasteiger partial charge on any atom is -0.493 e. The van der Waals surface area contributed by atoms with Crippen LogP contribution >= 0.6 is 27.7 Å². The summed E-state index contributed by atoms with van der Waals surface area (Å²) in [7, 11) is 2.80. The van der Waals surface area contributed by atoms with Gasteiger partial charge in [0.15, 0.2) is 16.7 Å². The van der Waals surface area contributed by atoms with Gasteiger partial charge < -0.3 is 14.2 Å². The van der Waals surface area contributed by atoms with E-state index in [1.54, 1.807) is 13.2 Å². The molecule has 1 fully saturated rings. The summed E-state index contributed by atoms with van der Waals surface area (Å²) in [5.41, 5.74) is 0.726. The summed E-state index contributed by atoms with van der Waals surface area (Å²) < 4.78 is 16.4. The first-order valence-electron chi connectivity index (χ1n) is 8.38. The lowest BCUT2D eigenvalue weighted by molar-refractivity contribution is -0.135. The first-order chi connectivity index (χ1) is 13.5. The molecule has 0 aliphatic carbocycles. The Morgan fingerprint density at radius 1 is 1.32 bits per heavy atom. The summed E-state index contributed by atoms with van der Waals surface area (Å²) in [6, 6.07) is 3.59. The van der Waals surface area contributed by atoms with Gasteiger partial charge in [0.05, 0.1) is 31.9 Å². The van der Waals surface area contributed by atoms with Crippen LogP contribution in [-0.2, 0) is 14.3 Å². The maximum atomic E-state index is 11.8. The van der Waals surface area contributed by atoms with E-state index in [0.717, 1.165) is 40.7 Å². The Morgan fingerprint density at radius 2 is 2.11 bits per heavy atom. The average Bonchev–Trinajstić information content (AvgIpc) is 3.02. The second-order valence-electron chi connectivity index (χ2n) is 5.46. The fourth-order valence-electron chi connectivity index (χ4n) is 2.03. The quantitative estimate of drug-likeness (QED) is 0.206. The zero-order valence-electron chi connectivity index (χ0n) is 15.7. The first kappa shape index (κ1) is 22.0. The largest absolute Gasteiger partial charge is 0.493 e. The van der Waals surface area contributed by atoms with Crippen LogP contribution in [-0.4, -0.2) is 44.1 Å². The Labute approximate surface area is 175 Å². The number of amides is 1. The highest BCUT2D eigenvalue weighted by Crippen LogP contribution is 2.33. The van der Waals surface area contributed by atoms with Crippen molar-refractivity contribution in [2.24, 2.45) is 10.2 Å². The van der Waals surface area contributed by atoms with E-state index >= 15 is 0 Å². The molecule has 0 radical (unpaired) electrons. The van der Waals surface area contributed by atoms with Gasteiger partial charge >= 0.3 is 5.97 Å². The van der Waals surface area contributed by atoms with Crippen LogP contribution in [0, 0.1) is 0 Å². The van der Waals surface area contributed by atoms with Gasteiger partial charge in [-0.05, 0) is 46.2 Å². The monoisotopic (exact) mass is 469 g/mol. The topological polar surface area (TPSA) is 98.6 Å². The summed E-state index contributed by atoms with van der Waals surface area (Å²) in [5, 5.41) is 10.7. The van der Waals surface area contributed by atoms with Crippen molar-refractivity contribution in [3.05, 3.63) is 33.2 Å². The number of halogens is 1. The van der Waals surface area contributed by atoms with Crippen LogP contribution in [0.25, 0.3) is 0 Å². The molecular formula is C18H20BrN3O5S. The predicted molar refractivity (Wildman–Crippen MR) is 112 cm³/mol. The number of esters is 1. The lowest BCUT2D eigenvalue weighted by Gasteiger charge is -2.12. The highest BCUT2D eigenvalue weighted by Gasteiger charge is 2.25. The Bertz CT molecular complexity index is 839. The molecule has 1 aliphatic rings. The third-order valence-electron chi connectivity index (χ3n) is 3.48. The lowest BCUT2D eigenvalue weighted by Crippen LogP contribution is -2.19. The van der Waals surface area contributed by atoms with Crippen molar-refractivity contribution in [3.8, 4) is 11.5 Å². The molecule has 1 aromatic carbocycles. The van der Waals surface area contributed by atoms with E-state index in [2.05, 4.69) is 43.1 Å². The molecule has 0 unspecified atom stereocenters. The van der Waals surface area contributed by atoms with Gasteiger partial charge in [-0.25, -0.2) is 4.79 Å². The van der Waals surface area contributed by atoms with E-state index in [-0.39, 0.29) is 10.1 Å². The van der Waals surface area contributed by atoms with Crippen LogP contribution in [0.1, 0.15) is 25.3 Å². The summed E-state index contributed by atoms with van der Waals surface area (Å²) >= 11 is 4.48. The van der Waals surface area contributed by atoms with Gasteiger partial charge in [-0.1, -0.05) is 13.3 Å². The summed E-state index contributed by atoms with van der Waals surface area (Å²) in [6.45, 7) is 2.70. The molecule has 1 saturated heterocycles. The summed E-state index contributed by atoms with van der Waals surface area (Å²) in [4.78, 5) is 23.2. The van der Waals surface area contributed by atoms with E-state index in [1.807, 2.05) is 6.07 Å². The highest BCUT2D eigenvalue weighted by molar-refractivity contribution is 9.10. The minimum absolute atomic E-state index is 0.192. The maximum Gasteiger partial charge on any atom is 0.331 e. The van der Waals surface area contributed by atoms with Gasteiger partial charge in [-0.15, -0.1) is 5.10 Å². The molecule has 28 heavy (non-hydrogen) atoms. The van der Waals surface area contributed by atoms with E-state index in [4.69, 9.17) is 9.47 Å². The first-order valence-corrected chi connectivity index (χ1v) is 9.99. The molecule has 0 spiro atoms. The van der Waals surface area contributed by atoms with Crippen LogP contribution in [0.4, 0.5) is 0 Å². The number of benzene rings is 1. The number of unbranched alkanes of at least 4 members (excludes halogenated alkanes) is 1. The van der Waals surface area contributed by atoms with Crippen LogP contribution in [0.2, 0.25) is 0 Å². The number of nitrogens with one attached hydrogen (secondary N) is 1. The van der Waals surface area contributed by atoms with Crippen molar-refractivity contribution in [1.29, 1.82) is 0 Å². The van der Waals surface area contributed by atoms with E-state index in [0.29, 0.717) is 18.1 Å². The molecule has 1 aliphatic heterocycles. The molecule has 1 heterocycles. The number of methoxy groups -OCH3 is 2. The van der Waals surface area contributed by atoms with Gasteiger partial charge in [0.2, 0.25) is 0 Å². The SMILES string of the molecule is CCCCOc1cc(Br)c(C=N/N=C2/NC(=O)/C(=C\C(=O)OC)S2)cc1OC. The molecule has 1 amide bonds. The molecule has 10 heteroatoms. The predicted octanol–water partition coefficient (Wildman–Crippen LogP) is 3.25. The van der Waals surface area contributed by atoms with Crippen LogP contribution in [0.15, 0.2) is 37.8 Å². The Balaban J connectivity index is 2.11. The van der Waals surface area contributed by atoms with Crippen molar-refractivity contribution in [2.75, 3.05) is 20.8 Å². The van der Waals surface area contributed by atoms with E-state index < -0.39 is 11.9 Å². The van der Waals surface area contributed by atoms with Gasteiger partial charge in [-0.2, -0.15) is 5.10 Å². The number of rotatable bonds is 8. The number of ether oxygens (including phenoxy) is 3. The molecule has 0 aromatic heterocycles. The van der Waals surface area contributed by atoms with Crippen molar-refractivity contribution in [1.82, 2.24) is 5.32 Å². The molecule has 8 nitrogen and oxygen atoms in total. The Hall–Kier alpha value is -2.33. The molecule has 150 valence electrons. The van der Waals surface area contributed by atoms with Crippen molar-refractivity contribution >= 4 is 51.0 Å². The zero-order valence-corrected chi connectivity index (χ0v) is 18.1. The molecule has 0 atom stereocenters. The Morgan fingerprint density at radius 3 is 2.79 bits per heavy atom. The van der Waals surface area contributed by atoms with Gasteiger partial charge in [0.1, 0.15) is 0 Å². The molecule has 0 bridgehead atoms. The van der Waals surface area contributed by atoms with Crippen molar-refractivity contribution < 1.29 is 23.8 Å². The number of hydrogen-bond acceptors (Lipinski definition) is 8. The maximum absolute atomic E-state index is 11.8. The standard InChI is InChI=1S/C18H20BrN3O5S/c1-4-5-6-27-14-8-12(19)11(7-13(14)25-2)10-20-22-18-21-17(24)15(28-18)9-16(23)26-3/h7-10H,4-6H2,1-3H3,(H,21,22,24)/b15-9+,20-10?. The number of thioether (sulfide) groups is 1. The van der Waals surface area contributed by atoms with E-state index in [1.165, 1.54) is 13.3 Å². The number of nitrogens with zero attached hydrogens (tertiary/aromatic N) is 2. The Kier molecular flexibility index (Phi) is 8.52. The number of carbonyl (C=O) groups excluding carboxylic acids is 2. The second kappa shape index (κ2) is 10.9. The average molecular weight is 470 g/mol. The fourth-order valence-corrected chi connectivity index (χ4v) is 3.20. The zero-order chi connectivity index (χ0) is 20.5. The van der Waals surface area contributed by atoms with Crippen LogP contribution in [0.3, 0.4) is 0 Å². The third-order valence-corrected chi connectivity index (χ3v) is 5.07. The van der Waals surface area contributed by atoms with E-state index in [9.17, 15) is 9.59 Å². The van der Waals surface area contributed by atoms with Crippen molar-refractivity contribution in [3.63, 3.8) is 0 Å². The van der Waals surface area contributed by atoms with Crippen LogP contribution in [0.5, 0.6) is 11.5 Å². The number of hydrogen-bond donors (Lipinski definition) is 1. The second-order valence-corrected chi connectivity index (χ2v) is 7.35.